The maximum atomic E-state index is 12.3. The smallest absolute Gasteiger partial charge is 0.390 e. The van der Waals surface area contributed by atoms with Gasteiger partial charge in [-0.2, -0.15) is 0 Å². The van der Waals surface area contributed by atoms with Gasteiger partial charge in [-0.15, -0.1) is 0 Å². The lowest BCUT2D eigenvalue weighted by molar-refractivity contribution is -0.870. The number of phosphoric ester groups is 1. The highest BCUT2D eigenvalue weighted by atomic mass is 31.2. The predicted molar refractivity (Wildman–Crippen MR) is 155 cm³/mol. The molecule has 0 spiro atoms. The maximum Gasteiger partial charge on any atom is 0.472 e. The summed E-state index contributed by atoms with van der Waals surface area (Å²) in [5.41, 5.74) is 0. The molecule has 0 aliphatic rings. The van der Waals surface area contributed by atoms with Crippen molar-refractivity contribution in [2.45, 2.75) is 135 Å². The molecule has 228 valence electrons. The van der Waals surface area contributed by atoms with E-state index in [0.29, 0.717) is 43.3 Å². The molecule has 3 atom stereocenters. The highest BCUT2D eigenvalue weighted by Crippen LogP contribution is 2.43. The first kappa shape index (κ1) is 37.7. The average Bonchev–Trinajstić information content (AvgIpc) is 2.84. The van der Waals surface area contributed by atoms with Crippen LogP contribution in [0.3, 0.4) is 0 Å². The molecule has 8 nitrogen and oxygen atoms in total. The molecule has 0 bridgehead atoms. The van der Waals surface area contributed by atoms with E-state index in [1.807, 2.05) is 21.1 Å². The topological polar surface area (TPSA) is 102 Å². The van der Waals surface area contributed by atoms with Gasteiger partial charge in [0.1, 0.15) is 25.5 Å². The minimum absolute atomic E-state index is 0.0934. The molecule has 0 fully saturated rings. The molecular weight excluding hydrogens is 505 g/mol. The van der Waals surface area contributed by atoms with Gasteiger partial charge < -0.3 is 24.0 Å². The Balaban J connectivity index is 4.17. The van der Waals surface area contributed by atoms with Crippen molar-refractivity contribution in [2.24, 2.45) is 0 Å². The normalized spacial score (nSPS) is 15.3. The molecule has 2 N–H and O–H groups in total. The fraction of sp³-hybridized carbons (Fsp3) is 0.966. The summed E-state index contributed by atoms with van der Waals surface area (Å²) in [6.07, 6.45) is 19.6. The Kier molecular flexibility index (Phi) is 24.2. The van der Waals surface area contributed by atoms with Crippen LogP contribution >= 0.6 is 7.82 Å². The van der Waals surface area contributed by atoms with E-state index < -0.39 is 20.0 Å². The third kappa shape index (κ3) is 25.9. The van der Waals surface area contributed by atoms with Gasteiger partial charge >= 0.3 is 7.82 Å². The third-order valence-corrected chi connectivity index (χ3v) is 7.73. The van der Waals surface area contributed by atoms with Crippen LogP contribution in [0.4, 0.5) is 0 Å². The quantitative estimate of drug-likeness (QED) is 0.0444. The molecule has 0 saturated carbocycles. The Labute approximate surface area is 234 Å². The Morgan fingerprint density at radius 2 is 1.29 bits per heavy atom. The summed E-state index contributed by atoms with van der Waals surface area (Å²) in [4.78, 5) is 20.5. The molecule has 0 aliphatic heterocycles. The van der Waals surface area contributed by atoms with Crippen molar-refractivity contribution >= 4 is 14.1 Å². The van der Waals surface area contributed by atoms with Crippen molar-refractivity contribution in [3.8, 4) is 0 Å². The second-order valence-corrected chi connectivity index (χ2v) is 13.1. The van der Waals surface area contributed by atoms with Gasteiger partial charge in [0, 0.05) is 13.0 Å². The van der Waals surface area contributed by atoms with Crippen LogP contribution < -0.4 is 0 Å². The number of aldehydes is 1. The molecule has 38 heavy (non-hydrogen) atoms. The Morgan fingerprint density at radius 1 is 0.763 bits per heavy atom. The molecule has 0 aromatic rings. The van der Waals surface area contributed by atoms with E-state index in [2.05, 4.69) is 6.92 Å². The molecular formula is C29H61NO7P+. The van der Waals surface area contributed by atoms with Crippen molar-refractivity contribution < 1.29 is 37.6 Å². The second kappa shape index (κ2) is 24.5. The van der Waals surface area contributed by atoms with Crippen molar-refractivity contribution in [3.05, 3.63) is 0 Å². The van der Waals surface area contributed by atoms with Crippen LogP contribution in [0.15, 0.2) is 0 Å². The van der Waals surface area contributed by atoms with Crippen LogP contribution in [-0.4, -0.2) is 80.5 Å². The first-order chi connectivity index (χ1) is 18.1. The molecule has 0 aromatic heterocycles. The number of nitrogens with zero attached hydrogens (tertiary/aromatic N) is 1. The van der Waals surface area contributed by atoms with Gasteiger partial charge in [-0.25, -0.2) is 4.57 Å². The Bertz CT molecular complexity index is 586. The average molecular weight is 567 g/mol. The van der Waals surface area contributed by atoms with Gasteiger partial charge in [-0.05, 0) is 19.3 Å². The highest BCUT2D eigenvalue weighted by molar-refractivity contribution is 7.47. The van der Waals surface area contributed by atoms with E-state index in [4.69, 9.17) is 13.8 Å². The van der Waals surface area contributed by atoms with Crippen LogP contribution in [0.1, 0.15) is 122 Å². The zero-order chi connectivity index (χ0) is 28.5. The van der Waals surface area contributed by atoms with Crippen LogP contribution in [0.2, 0.25) is 0 Å². The van der Waals surface area contributed by atoms with E-state index in [0.717, 1.165) is 25.5 Å². The first-order valence-corrected chi connectivity index (χ1v) is 16.8. The summed E-state index contributed by atoms with van der Waals surface area (Å²) < 4.78 is 28.9. The molecule has 0 rings (SSSR count). The number of hydrogen-bond donors (Lipinski definition) is 2. The number of carbonyl (C=O) groups is 1. The molecule has 0 aromatic carbocycles. The molecule has 9 heteroatoms. The number of unbranched alkanes of at least 4 members (excludes halogenated alkanes) is 15. The number of likely N-dealkylation sites (N-methyl/N-ethyl adjacent to an activating group) is 1. The van der Waals surface area contributed by atoms with E-state index in [9.17, 15) is 19.4 Å². The summed E-state index contributed by atoms with van der Waals surface area (Å²) in [7, 11) is 1.67. The summed E-state index contributed by atoms with van der Waals surface area (Å²) >= 11 is 0. The van der Waals surface area contributed by atoms with Crippen molar-refractivity contribution in [2.75, 3.05) is 47.5 Å². The molecule has 0 heterocycles. The van der Waals surface area contributed by atoms with Crippen molar-refractivity contribution in [3.63, 3.8) is 0 Å². The Morgan fingerprint density at radius 3 is 1.79 bits per heavy atom. The fourth-order valence-corrected chi connectivity index (χ4v) is 4.93. The fourth-order valence-electron chi connectivity index (χ4n) is 4.20. The van der Waals surface area contributed by atoms with E-state index >= 15 is 0 Å². The number of phosphoric acid groups is 1. The minimum Gasteiger partial charge on any atom is -0.390 e. The highest BCUT2D eigenvalue weighted by Gasteiger charge is 2.28. The predicted octanol–water partition coefficient (Wildman–Crippen LogP) is 6.81. The third-order valence-electron chi connectivity index (χ3n) is 6.75. The lowest BCUT2D eigenvalue weighted by Crippen LogP contribution is -2.37. The number of aliphatic hydroxyl groups excluding tert-OH is 1. The second-order valence-electron chi connectivity index (χ2n) is 11.6. The summed E-state index contributed by atoms with van der Waals surface area (Å²) in [5, 5.41) is 10.7. The monoisotopic (exact) mass is 566 g/mol. The van der Waals surface area contributed by atoms with Crippen LogP contribution in [0.25, 0.3) is 0 Å². The number of rotatable bonds is 29. The van der Waals surface area contributed by atoms with Gasteiger partial charge in [0.15, 0.2) is 0 Å². The maximum absolute atomic E-state index is 12.3. The SMILES string of the molecule is CCCCCCCCCCCCCCCCC(O)[C@H](COP(=O)(O)OCC[N+](C)(C)C)OCCCCC=O. The number of hydrogen-bond acceptors (Lipinski definition) is 6. The molecule has 0 aliphatic carbocycles. The zero-order valence-electron chi connectivity index (χ0n) is 25.1. The number of ether oxygens (including phenoxy) is 1. The number of aliphatic hydroxyl groups is 1. The van der Waals surface area contributed by atoms with Crippen LogP contribution in [0.5, 0.6) is 0 Å². The standard InChI is InChI=1S/C29H60NO7P/c1-5-6-7-8-9-10-11-12-13-14-15-16-17-19-22-28(32)29(35-25-21-18-20-24-31)27-37-38(33,34)36-26-23-30(2,3)4/h24,28-29,32H,5-23,25-27H2,1-4H3/p+1/t28?,29-/m0/s1. The number of quaternary nitrogens is 1. The summed E-state index contributed by atoms with van der Waals surface area (Å²) in [6.45, 7) is 3.05. The van der Waals surface area contributed by atoms with Gasteiger partial charge in [-0.1, -0.05) is 96.8 Å². The molecule has 0 amide bonds. The van der Waals surface area contributed by atoms with E-state index in [-0.39, 0.29) is 13.2 Å². The molecule has 0 saturated heterocycles. The van der Waals surface area contributed by atoms with Crippen molar-refractivity contribution in [1.29, 1.82) is 0 Å². The molecule has 2 unspecified atom stereocenters. The van der Waals surface area contributed by atoms with Gasteiger partial charge in [0.2, 0.25) is 0 Å². The first-order valence-electron chi connectivity index (χ1n) is 15.3. The summed E-state index contributed by atoms with van der Waals surface area (Å²) in [6, 6.07) is 0. The van der Waals surface area contributed by atoms with Crippen LogP contribution in [0, 0.1) is 0 Å². The lowest BCUT2D eigenvalue weighted by atomic mass is 10.0. The zero-order valence-corrected chi connectivity index (χ0v) is 26.0. The Hall–Kier alpha value is -0.340. The summed E-state index contributed by atoms with van der Waals surface area (Å²) in [5.74, 6) is 0. The van der Waals surface area contributed by atoms with E-state index in [1.54, 1.807) is 0 Å². The van der Waals surface area contributed by atoms with Gasteiger partial charge in [0.25, 0.3) is 0 Å². The minimum atomic E-state index is -4.23. The van der Waals surface area contributed by atoms with Gasteiger partial charge in [-0.3, -0.25) is 9.05 Å². The lowest BCUT2D eigenvalue weighted by Gasteiger charge is -2.26. The van der Waals surface area contributed by atoms with Crippen LogP contribution in [-0.2, 0) is 23.1 Å². The largest absolute Gasteiger partial charge is 0.472 e. The molecule has 0 radical (unpaired) electrons. The van der Waals surface area contributed by atoms with E-state index in [1.165, 1.54) is 70.6 Å². The number of carbonyl (C=O) groups excluding carboxylic acids is 1. The van der Waals surface area contributed by atoms with Crippen molar-refractivity contribution in [1.82, 2.24) is 0 Å². The van der Waals surface area contributed by atoms with Gasteiger partial charge in [0.05, 0.1) is 33.9 Å².